The lowest BCUT2D eigenvalue weighted by atomic mass is 10.0. The van der Waals surface area contributed by atoms with Crippen molar-refractivity contribution >= 4 is 42.4 Å². The highest BCUT2D eigenvalue weighted by Crippen LogP contribution is 2.34. The molecule has 0 unspecified atom stereocenters. The van der Waals surface area contributed by atoms with Gasteiger partial charge in [0.2, 0.25) is 5.91 Å². The number of rotatable bonds is 8. The Labute approximate surface area is 191 Å². The third-order valence-electron chi connectivity index (χ3n) is 5.17. The van der Waals surface area contributed by atoms with Crippen molar-refractivity contribution in [1.82, 2.24) is 4.98 Å². The Morgan fingerprint density at radius 1 is 1.06 bits per heavy atom. The van der Waals surface area contributed by atoms with Crippen molar-refractivity contribution in [2.24, 2.45) is 0 Å². The predicted molar refractivity (Wildman–Crippen MR) is 127 cm³/mol. The summed E-state index contributed by atoms with van der Waals surface area (Å²) in [5.41, 5.74) is 1.98. The molecule has 4 rings (SSSR count). The van der Waals surface area contributed by atoms with E-state index in [9.17, 15) is 13.2 Å². The lowest BCUT2D eigenvalue weighted by molar-refractivity contribution is -0.118. The zero-order valence-corrected chi connectivity index (χ0v) is 19.5. The van der Waals surface area contributed by atoms with E-state index in [0.717, 1.165) is 15.8 Å². The summed E-state index contributed by atoms with van der Waals surface area (Å²) in [5, 5.41) is 0.534. The van der Waals surface area contributed by atoms with E-state index in [4.69, 9.17) is 9.40 Å². The van der Waals surface area contributed by atoms with E-state index < -0.39 is 9.84 Å². The third kappa shape index (κ3) is 4.76. The molecule has 0 saturated carbocycles. The zero-order valence-electron chi connectivity index (χ0n) is 17.9. The number of anilines is 1. The van der Waals surface area contributed by atoms with Crippen molar-refractivity contribution < 1.29 is 17.6 Å². The minimum absolute atomic E-state index is 0.148. The quantitative estimate of drug-likeness (QED) is 0.345. The molecule has 0 atom stereocenters. The first-order valence-corrected chi connectivity index (χ1v) is 12.8. The summed E-state index contributed by atoms with van der Waals surface area (Å²) in [6, 6.07) is 17.7. The van der Waals surface area contributed by atoms with Gasteiger partial charge in [-0.1, -0.05) is 55.5 Å². The Morgan fingerprint density at radius 2 is 1.84 bits per heavy atom. The molecular formula is C24H24N2O4S2. The van der Waals surface area contributed by atoms with Gasteiger partial charge < -0.3 is 4.42 Å². The highest BCUT2D eigenvalue weighted by molar-refractivity contribution is 7.91. The van der Waals surface area contributed by atoms with Crippen LogP contribution >= 0.6 is 11.3 Å². The molecular weight excluding hydrogens is 444 g/mol. The zero-order chi connectivity index (χ0) is 22.7. The summed E-state index contributed by atoms with van der Waals surface area (Å²) >= 11 is 1.42. The number of carbonyl (C=O) groups excluding carboxylic acids is 1. The number of furan rings is 1. The second kappa shape index (κ2) is 9.26. The van der Waals surface area contributed by atoms with Crippen LogP contribution in [-0.2, 0) is 21.2 Å². The number of carbonyl (C=O) groups is 1. The van der Waals surface area contributed by atoms with Gasteiger partial charge in [0.25, 0.3) is 0 Å². The fraction of sp³-hybridized carbons (Fsp3) is 0.250. The number of aromatic nitrogens is 1. The molecule has 0 aliphatic heterocycles. The van der Waals surface area contributed by atoms with Gasteiger partial charge in [-0.25, -0.2) is 13.4 Å². The van der Waals surface area contributed by atoms with Crippen LogP contribution in [0.2, 0.25) is 0 Å². The van der Waals surface area contributed by atoms with Crippen molar-refractivity contribution in [3.8, 4) is 0 Å². The molecule has 2 aromatic heterocycles. The van der Waals surface area contributed by atoms with E-state index >= 15 is 0 Å². The number of nitrogens with zero attached hydrogens (tertiary/aromatic N) is 2. The molecule has 2 heterocycles. The molecule has 4 aromatic rings. The Hall–Kier alpha value is -2.97. The first-order chi connectivity index (χ1) is 15.3. The van der Waals surface area contributed by atoms with Gasteiger partial charge in [0, 0.05) is 6.42 Å². The SMILES string of the molecule is CC(C)c1cccc2sc(N(Cc3ccco3)C(=O)CCS(=O)(=O)c3ccccc3)nc12. The predicted octanol–water partition coefficient (Wildman–Crippen LogP) is 5.41. The number of sulfone groups is 1. The summed E-state index contributed by atoms with van der Waals surface area (Å²) in [6.45, 7) is 4.40. The number of amides is 1. The van der Waals surface area contributed by atoms with Crippen molar-refractivity contribution in [2.45, 2.75) is 37.6 Å². The van der Waals surface area contributed by atoms with Crippen molar-refractivity contribution in [1.29, 1.82) is 0 Å². The van der Waals surface area contributed by atoms with Crippen LogP contribution < -0.4 is 4.90 Å². The van der Waals surface area contributed by atoms with E-state index in [1.807, 2.05) is 18.2 Å². The molecule has 1 amide bonds. The normalized spacial score (nSPS) is 11.8. The largest absolute Gasteiger partial charge is 0.467 e. The van der Waals surface area contributed by atoms with Crippen LogP contribution in [0.1, 0.15) is 37.5 Å². The van der Waals surface area contributed by atoms with Gasteiger partial charge in [0.15, 0.2) is 15.0 Å². The van der Waals surface area contributed by atoms with Crippen LogP contribution in [0.5, 0.6) is 0 Å². The van der Waals surface area contributed by atoms with Crippen LogP contribution in [0, 0.1) is 0 Å². The van der Waals surface area contributed by atoms with Crippen LogP contribution in [0.25, 0.3) is 10.2 Å². The van der Waals surface area contributed by atoms with E-state index in [1.165, 1.54) is 16.2 Å². The summed E-state index contributed by atoms with van der Waals surface area (Å²) in [7, 11) is -3.56. The van der Waals surface area contributed by atoms with Crippen LogP contribution in [0.4, 0.5) is 5.13 Å². The molecule has 0 N–H and O–H groups in total. The van der Waals surface area contributed by atoms with Crippen molar-refractivity contribution in [2.75, 3.05) is 10.7 Å². The minimum atomic E-state index is -3.56. The number of thiazole rings is 1. The first-order valence-electron chi connectivity index (χ1n) is 10.3. The van der Waals surface area contributed by atoms with Crippen LogP contribution in [-0.4, -0.2) is 25.1 Å². The van der Waals surface area contributed by atoms with Gasteiger partial charge in [0.1, 0.15) is 5.76 Å². The first kappa shape index (κ1) is 22.2. The Bertz CT molecular complexity index is 1310. The highest BCUT2D eigenvalue weighted by Gasteiger charge is 2.25. The van der Waals surface area contributed by atoms with E-state index in [0.29, 0.717) is 16.8 Å². The van der Waals surface area contributed by atoms with Crippen LogP contribution in [0.3, 0.4) is 0 Å². The maximum atomic E-state index is 13.2. The Kier molecular flexibility index (Phi) is 6.43. The van der Waals surface area contributed by atoms with Gasteiger partial charge >= 0.3 is 0 Å². The van der Waals surface area contributed by atoms with Gasteiger partial charge in [0.05, 0.1) is 33.7 Å². The van der Waals surface area contributed by atoms with E-state index in [-0.39, 0.29) is 29.5 Å². The van der Waals surface area contributed by atoms with Crippen molar-refractivity contribution in [3.63, 3.8) is 0 Å². The number of hydrogen-bond donors (Lipinski definition) is 0. The molecule has 6 nitrogen and oxygen atoms in total. The molecule has 0 aliphatic rings. The van der Waals surface area contributed by atoms with Gasteiger partial charge in [-0.3, -0.25) is 9.69 Å². The second-order valence-electron chi connectivity index (χ2n) is 7.79. The van der Waals surface area contributed by atoms with Gasteiger partial charge in [-0.2, -0.15) is 0 Å². The topological polar surface area (TPSA) is 80.5 Å². The molecule has 0 saturated heterocycles. The molecule has 0 radical (unpaired) electrons. The van der Waals surface area contributed by atoms with Crippen molar-refractivity contribution in [3.05, 3.63) is 78.3 Å². The van der Waals surface area contributed by atoms with Crippen LogP contribution in [0.15, 0.2) is 76.2 Å². The smallest absolute Gasteiger partial charge is 0.230 e. The maximum absolute atomic E-state index is 13.2. The standard InChI is InChI=1S/C24H24N2O4S2/c1-17(2)20-11-6-12-21-23(20)25-24(31-21)26(16-18-8-7-14-30-18)22(27)13-15-32(28,29)19-9-4-3-5-10-19/h3-12,14,17H,13,15-16H2,1-2H3. The van der Waals surface area contributed by atoms with E-state index in [2.05, 4.69) is 13.8 Å². The summed E-state index contributed by atoms with van der Waals surface area (Å²) in [5.74, 6) is 0.310. The number of benzene rings is 2. The maximum Gasteiger partial charge on any atom is 0.230 e. The highest BCUT2D eigenvalue weighted by atomic mass is 32.2. The average Bonchev–Trinajstić information content (AvgIpc) is 3.45. The lowest BCUT2D eigenvalue weighted by Crippen LogP contribution is -2.31. The summed E-state index contributed by atoms with van der Waals surface area (Å²) < 4.78 is 31.8. The molecule has 166 valence electrons. The molecule has 2 aromatic carbocycles. The lowest BCUT2D eigenvalue weighted by Gasteiger charge is -2.18. The molecule has 8 heteroatoms. The summed E-state index contributed by atoms with van der Waals surface area (Å²) in [6.07, 6.45) is 1.40. The number of hydrogen-bond acceptors (Lipinski definition) is 6. The Balaban J connectivity index is 1.63. The van der Waals surface area contributed by atoms with Gasteiger partial charge in [-0.05, 0) is 41.8 Å². The Morgan fingerprint density at radius 3 is 2.53 bits per heavy atom. The molecule has 32 heavy (non-hydrogen) atoms. The molecule has 0 fully saturated rings. The van der Waals surface area contributed by atoms with Gasteiger partial charge in [-0.15, -0.1) is 0 Å². The summed E-state index contributed by atoms with van der Waals surface area (Å²) in [4.78, 5) is 19.7. The van der Waals surface area contributed by atoms with E-state index in [1.54, 1.807) is 48.7 Å². The second-order valence-corrected chi connectivity index (χ2v) is 10.9. The fourth-order valence-corrected chi connectivity index (χ4v) is 5.73. The molecule has 0 aliphatic carbocycles. The monoisotopic (exact) mass is 468 g/mol. The molecule has 0 spiro atoms. The number of fused-ring (bicyclic) bond motifs is 1. The fourth-order valence-electron chi connectivity index (χ4n) is 3.46. The average molecular weight is 469 g/mol. The molecule has 0 bridgehead atoms. The minimum Gasteiger partial charge on any atom is -0.467 e. The third-order valence-corrected chi connectivity index (χ3v) is 7.95. The number of para-hydroxylation sites is 1.